The Kier molecular flexibility index (Phi) is 2.93. The molecule has 0 spiro atoms. The molecule has 0 aliphatic rings. The first-order valence-corrected chi connectivity index (χ1v) is 5.16. The van der Waals surface area contributed by atoms with Gasteiger partial charge >= 0.3 is 5.97 Å². The van der Waals surface area contributed by atoms with Crippen LogP contribution >= 0.6 is 0 Å². The quantitative estimate of drug-likeness (QED) is 0.816. The van der Waals surface area contributed by atoms with E-state index in [1.807, 2.05) is 6.07 Å². The Morgan fingerprint density at radius 3 is 2.65 bits per heavy atom. The Labute approximate surface area is 98.5 Å². The van der Waals surface area contributed by atoms with Crippen molar-refractivity contribution in [3.05, 3.63) is 54.6 Å². The van der Waals surface area contributed by atoms with Gasteiger partial charge in [-0.3, -0.25) is 0 Å². The van der Waals surface area contributed by atoms with Crippen LogP contribution in [0.15, 0.2) is 49.1 Å². The van der Waals surface area contributed by atoms with E-state index in [0.717, 1.165) is 0 Å². The summed E-state index contributed by atoms with van der Waals surface area (Å²) in [6.07, 6.45) is 4.83. The minimum atomic E-state index is -1.44. The number of benzene rings is 1. The molecule has 1 aromatic heterocycles. The number of aliphatic carboxylic acids is 1. The number of carbonyl (C=O) groups is 1. The molecule has 17 heavy (non-hydrogen) atoms. The number of nitrogens with zero attached hydrogens (tertiary/aromatic N) is 2. The van der Waals surface area contributed by atoms with Crippen LogP contribution in [0.3, 0.4) is 0 Å². The van der Waals surface area contributed by atoms with E-state index in [-0.39, 0.29) is 6.54 Å². The van der Waals surface area contributed by atoms with Gasteiger partial charge < -0.3 is 15.4 Å². The van der Waals surface area contributed by atoms with Crippen LogP contribution in [0.2, 0.25) is 0 Å². The normalized spacial score (nSPS) is 14.2. The van der Waals surface area contributed by atoms with Gasteiger partial charge in [0.05, 0.1) is 12.9 Å². The maximum Gasteiger partial charge on any atom is 0.330 e. The molecule has 0 saturated heterocycles. The SMILES string of the molecule is NC(Cn1ccnc1)(C(=O)O)c1ccccc1. The van der Waals surface area contributed by atoms with Crippen molar-refractivity contribution in [1.82, 2.24) is 9.55 Å². The monoisotopic (exact) mass is 231 g/mol. The molecule has 0 bridgehead atoms. The summed E-state index contributed by atoms with van der Waals surface area (Å²) in [4.78, 5) is 15.3. The summed E-state index contributed by atoms with van der Waals surface area (Å²) in [6, 6.07) is 8.79. The van der Waals surface area contributed by atoms with Crippen LogP contribution in [0, 0.1) is 0 Å². The van der Waals surface area contributed by atoms with Crippen LogP contribution in [0.5, 0.6) is 0 Å². The van der Waals surface area contributed by atoms with E-state index < -0.39 is 11.5 Å². The second-order valence-electron chi connectivity index (χ2n) is 3.88. The average molecular weight is 231 g/mol. The zero-order valence-electron chi connectivity index (χ0n) is 9.15. The molecular weight excluding hydrogens is 218 g/mol. The van der Waals surface area contributed by atoms with Gasteiger partial charge in [0.2, 0.25) is 0 Å². The van der Waals surface area contributed by atoms with Gasteiger partial charge in [0, 0.05) is 12.4 Å². The molecule has 0 amide bonds. The fourth-order valence-corrected chi connectivity index (χ4v) is 1.69. The third-order valence-electron chi connectivity index (χ3n) is 2.66. The van der Waals surface area contributed by atoms with E-state index in [1.165, 1.54) is 0 Å². The Balaban J connectivity index is 2.37. The second kappa shape index (κ2) is 4.39. The summed E-state index contributed by atoms with van der Waals surface area (Å²) < 4.78 is 1.65. The smallest absolute Gasteiger partial charge is 0.330 e. The molecule has 0 aliphatic carbocycles. The highest BCUT2D eigenvalue weighted by Crippen LogP contribution is 2.20. The van der Waals surface area contributed by atoms with Gasteiger partial charge in [-0.05, 0) is 5.56 Å². The van der Waals surface area contributed by atoms with Crippen molar-refractivity contribution in [3.63, 3.8) is 0 Å². The summed E-state index contributed by atoms with van der Waals surface area (Å²) in [7, 11) is 0. The summed E-state index contributed by atoms with van der Waals surface area (Å²) >= 11 is 0. The van der Waals surface area contributed by atoms with Crippen LogP contribution in [0.4, 0.5) is 0 Å². The number of carboxylic acid groups (broad SMARTS) is 1. The maximum absolute atomic E-state index is 11.4. The molecule has 2 rings (SSSR count). The number of aromatic nitrogens is 2. The highest BCUT2D eigenvalue weighted by atomic mass is 16.4. The summed E-state index contributed by atoms with van der Waals surface area (Å²) in [5.41, 5.74) is 5.13. The molecule has 2 aromatic rings. The highest BCUT2D eigenvalue weighted by Gasteiger charge is 2.36. The van der Waals surface area contributed by atoms with Crippen molar-refractivity contribution >= 4 is 5.97 Å². The van der Waals surface area contributed by atoms with Gasteiger partial charge in [0.25, 0.3) is 0 Å². The fourth-order valence-electron chi connectivity index (χ4n) is 1.69. The lowest BCUT2D eigenvalue weighted by molar-refractivity contribution is -0.144. The van der Waals surface area contributed by atoms with Gasteiger partial charge in [-0.15, -0.1) is 0 Å². The lowest BCUT2D eigenvalue weighted by Gasteiger charge is -2.25. The lowest BCUT2D eigenvalue weighted by Crippen LogP contribution is -2.48. The topological polar surface area (TPSA) is 81.1 Å². The third kappa shape index (κ3) is 2.19. The molecule has 0 fully saturated rings. The standard InChI is InChI=1S/C12H13N3O2/c13-12(11(16)17,8-15-7-6-14-9-15)10-4-2-1-3-5-10/h1-7,9H,8,13H2,(H,16,17). The van der Waals surface area contributed by atoms with E-state index in [9.17, 15) is 9.90 Å². The van der Waals surface area contributed by atoms with Gasteiger partial charge in [-0.1, -0.05) is 30.3 Å². The molecule has 1 heterocycles. The van der Waals surface area contributed by atoms with Gasteiger partial charge in [-0.2, -0.15) is 0 Å². The third-order valence-corrected chi connectivity index (χ3v) is 2.66. The molecule has 1 atom stereocenters. The van der Waals surface area contributed by atoms with Crippen molar-refractivity contribution in [1.29, 1.82) is 0 Å². The van der Waals surface area contributed by atoms with Crippen molar-refractivity contribution in [2.75, 3.05) is 0 Å². The molecule has 0 radical (unpaired) electrons. The summed E-state index contributed by atoms with van der Waals surface area (Å²) in [5.74, 6) is -1.06. The predicted molar refractivity (Wildman–Crippen MR) is 62.2 cm³/mol. The first-order valence-electron chi connectivity index (χ1n) is 5.16. The first-order chi connectivity index (χ1) is 8.13. The Morgan fingerprint density at radius 2 is 2.12 bits per heavy atom. The van der Waals surface area contributed by atoms with Gasteiger partial charge in [0.1, 0.15) is 0 Å². The van der Waals surface area contributed by atoms with Crippen LogP contribution < -0.4 is 5.73 Å². The predicted octanol–water partition coefficient (Wildman–Crippen LogP) is 0.822. The molecule has 88 valence electrons. The molecule has 0 aliphatic heterocycles. The van der Waals surface area contributed by atoms with E-state index in [0.29, 0.717) is 5.56 Å². The minimum Gasteiger partial charge on any atom is -0.480 e. The number of rotatable bonds is 4. The van der Waals surface area contributed by atoms with Crippen LogP contribution in [-0.4, -0.2) is 20.6 Å². The van der Waals surface area contributed by atoms with E-state index in [1.54, 1.807) is 47.6 Å². The Bertz CT molecular complexity index is 496. The zero-order chi connectivity index (χ0) is 12.3. The molecular formula is C12H13N3O2. The second-order valence-corrected chi connectivity index (χ2v) is 3.88. The van der Waals surface area contributed by atoms with Crippen LogP contribution in [0.25, 0.3) is 0 Å². The molecule has 5 heteroatoms. The molecule has 0 saturated carbocycles. The van der Waals surface area contributed by atoms with E-state index in [2.05, 4.69) is 4.98 Å². The van der Waals surface area contributed by atoms with E-state index >= 15 is 0 Å². The Morgan fingerprint density at radius 1 is 1.41 bits per heavy atom. The van der Waals surface area contributed by atoms with Crippen molar-refractivity contribution in [2.24, 2.45) is 5.73 Å². The average Bonchev–Trinajstić information content (AvgIpc) is 2.82. The van der Waals surface area contributed by atoms with Crippen LogP contribution in [-0.2, 0) is 16.9 Å². The van der Waals surface area contributed by atoms with Gasteiger partial charge in [0.15, 0.2) is 5.54 Å². The molecule has 1 unspecified atom stereocenters. The van der Waals surface area contributed by atoms with Gasteiger partial charge in [-0.25, -0.2) is 9.78 Å². The first kappa shape index (κ1) is 11.3. The number of carboxylic acids is 1. The summed E-state index contributed by atoms with van der Waals surface area (Å²) in [6.45, 7) is 0.145. The molecule has 5 nitrogen and oxygen atoms in total. The zero-order valence-corrected chi connectivity index (χ0v) is 9.15. The molecule has 3 N–H and O–H groups in total. The number of imidazole rings is 1. The largest absolute Gasteiger partial charge is 0.480 e. The fraction of sp³-hybridized carbons (Fsp3) is 0.167. The van der Waals surface area contributed by atoms with E-state index in [4.69, 9.17) is 5.73 Å². The number of hydrogen-bond acceptors (Lipinski definition) is 3. The molecule has 1 aromatic carbocycles. The Hall–Kier alpha value is -2.14. The maximum atomic E-state index is 11.4. The van der Waals surface area contributed by atoms with Crippen molar-refractivity contribution in [3.8, 4) is 0 Å². The lowest BCUT2D eigenvalue weighted by atomic mass is 9.91. The summed E-state index contributed by atoms with van der Waals surface area (Å²) in [5, 5.41) is 9.33. The minimum absolute atomic E-state index is 0.145. The van der Waals surface area contributed by atoms with Crippen molar-refractivity contribution < 1.29 is 9.90 Å². The number of nitrogens with two attached hydrogens (primary N) is 1. The number of hydrogen-bond donors (Lipinski definition) is 2. The van der Waals surface area contributed by atoms with Crippen LogP contribution in [0.1, 0.15) is 5.56 Å². The van der Waals surface area contributed by atoms with Crippen molar-refractivity contribution in [2.45, 2.75) is 12.1 Å². The highest BCUT2D eigenvalue weighted by molar-refractivity contribution is 5.80.